The van der Waals surface area contributed by atoms with Crippen LogP contribution in [0.15, 0.2) is 48.8 Å². The van der Waals surface area contributed by atoms with Crippen LogP contribution < -0.4 is 0 Å². The van der Waals surface area contributed by atoms with Gasteiger partial charge in [0.1, 0.15) is 17.4 Å². The van der Waals surface area contributed by atoms with Crippen molar-refractivity contribution in [2.24, 2.45) is 7.05 Å². The predicted molar refractivity (Wildman–Crippen MR) is 87.7 cm³/mol. The minimum Gasteiger partial charge on any atom is -0.314 e. The van der Waals surface area contributed by atoms with E-state index in [9.17, 15) is 9.18 Å². The van der Waals surface area contributed by atoms with Crippen LogP contribution in [-0.4, -0.2) is 25.5 Å². The molecule has 0 spiro atoms. The van der Waals surface area contributed by atoms with E-state index in [4.69, 9.17) is 0 Å². The van der Waals surface area contributed by atoms with Crippen LogP contribution in [0.4, 0.5) is 4.39 Å². The van der Waals surface area contributed by atoms with Crippen LogP contribution >= 0.6 is 0 Å². The first-order valence-corrected chi connectivity index (χ1v) is 7.68. The normalized spacial score (nSPS) is 10.8. The largest absolute Gasteiger partial charge is 0.314 e. The second kappa shape index (κ2) is 7.12. The quantitative estimate of drug-likeness (QED) is 0.699. The number of pyridine rings is 1. The number of halogens is 1. The maximum Gasteiger partial charge on any atom is 0.165 e. The summed E-state index contributed by atoms with van der Waals surface area (Å²) < 4.78 is 14.8. The third kappa shape index (κ3) is 3.71. The minimum atomic E-state index is -0.298. The van der Waals surface area contributed by atoms with Gasteiger partial charge in [-0.3, -0.25) is 9.78 Å². The Morgan fingerprint density at radius 1 is 1.17 bits per heavy atom. The number of Topliss-reactive ketones (excluding diaryl/α,β-unsaturated/α-hetero) is 1. The highest BCUT2D eigenvalue weighted by Gasteiger charge is 2.12. The lowest BCUT2D eigenvalue weighted by atomic mass is 10.1. The molecule has 3 rings (SSSR count). The van der Waals surface area contributed by atoms with E-state index in [1.165, 1.54) is 12.1 Å². The second-order valence-corrected chi connectivity index (χ2v) is 5.58. The fourth-order valence-corrected chi connectivity index (χ4v) is 2.50. The number of aromatic nitrogens is 4. The third-order valence-electron chi connectivity index (χ3n) is 3.83. The van der Waals surface area contributed by atoms with E-state index in [1.54, 1.807) is 24.5 Å². The fraction of sp³-hybridized carbons (Fsp3) is 0.222. The Labute approximate surface area is 139 Å². The van der Waals surface area contributed by atoms with Gasteiger partial charge in [-0.1, -0.05) is 12.1 Å². The van der Waals surface area contributed by atoms with Crippen LogP contribution in [-0.2, 0) is 24.7 Å². The maximum atomic E-state index is 12.9. The van der Waals surface area contributed by atoms with Gasteiger partial charge in [0.15, 0.2) is 5.82 Å². The summed E-state index contributed by atoms with van der Waals surface area (Å²) in [7, 11) is 1.88. The van der Waals surface area contributed by atoms with Gasteiger partial charge in [-0.15, -0.1) is 10.2 Å². The second-order valence-electron chi connectivity index (χ2n) is 5.58. The Kier molecular flexibility index (Phi) is 4.74. The summed E-state index contributed by atoms with van der Waals surface area (Å²) in [6.07, 6.45) is 4.62. The summed E-state index contributed by atoms with van der Waals surface area (Å²) in [5.41, 5.74) is 1.70. The zero-order valence-corrected chi connectivity index (χ0v) is 13.3. The van der Waals surface area contributed by atoms with Crippen molar-refractivity contribution in [2.45, 2.75) is 19.3 Å². The Balaban J connectivity index is 1.62. The van der Waals surface area contributed by atoms with Crippen LogP contribution in [0, 0.1) is 5.82 Å². The molecular weight excluding hydrogens is 307 g/mol. The van der Waals surface area contributed by atoms with Crippen molar-refractivity contribution in [3.05, 3.63) is 66.0 Å². The first-order valence-electron chi connectivity index (χ1n) is 7.68. The molecule has 0 atom stereocenters. The van der Waals surface area contributed by atoms with E-state index >= 15 is 0 Å². The molecule has 0 saturated heterocycles. The Bertz CT molecular complexity index is 828. The van der Waals surface area contributed by atoms with Gasteiger partial charge in [0.05, 0.1) is 0 Å². The lowest BCUT2D eigenvalue weighted by Gasteiger charge is -2.04. The van der Waals surface area contributed by atoms with Crippen molar-refractivity contribution in [3.8, 4) is 11.4 Å². The smallest absolute Gasteiger partial charge is 0.165 e. The zero-order valence-electron chi connectivity index (χ0n) is 13.3. The number of hydrogen-bond acceptors (Lipinski definition) is 4. The molecule has 0 aliphatic rings. The van der Waals surface area contributed by atoms with Crippen molar-refractivity contribution in [1.82, 2.24) is 19.7 Å². The number of ketones is 1. The predicted octanol–water partition coefficient (Wildman–Crippen LogP) is 2.76. The van der Waals surface area contributed by atoms with Gasteiger partial charge in [-0.2, -0.15) is 0 Å². The summed E-state index contributed by atoms with van der Waals surface area (Å²) in [5, 5.41) is 8.34. The molecule has 5 nitrogen and oxygen atoms in total. The van der Waals surface area contributed by atoms with E-state index in [-0.39, 0.29) is 11.6 Å². The van der Waals surface area contributed by atoms with E-state index in [0.717, 1.165) is 22.8 Å². The van der Waals surface area contributed by atoms with Crippen molar-refractivity contribution >= 4 is 5.78 Å². The molecule has 0 bridgehead atoms. The Hall–Kier alpha value is -2.89. The van der Waals surface area contributed by atoms with Gasteiger partial charge in [-0.25, -0.2) is 4.39 Å². The van der Waals surface area contributed by atoms with Crippen LogP contribution in [0.5, 0.6) is 0 Å². The van der Waals surface area contributed by atoms with Gasteiger partial charge in [0, 0.05) is 44.3 Å². The zero-order chi connectivity index (χ0) is 16.9. The van der Waals surface area contributed by atoms with Gasteiger partial charge in [0.25, 0.3) is 0 Å². The molecule has 2 heterocycles. The number of aryl methyl sites for hydroxylation is 1. The minimum absolute atomic E-state index is 0.0903. The molecule has 0 unspecified atom stereocenters. The van der Waals surface area contributed by atoms with E-state index in [0.29, 0.717) is 19.3 Å². The molecular formula is C18H17FN4O. The molecule has 0 amide bonds. The topological polar surface area (TPSA) is 60.7 Å². The summed E-state index contributed by atoms with van der Waals surface area (Å²) >= 11 is 0. The molecule has 0 N–H and O–H groups in total. The molecule has 3 aromatic rings. The van der Waals surface area contributed by atoms with Gasteiger partial charge < -0.3 is 4.57 Å². The van der Waals surface area contributed by atoms with E-state index in [1.807, 2.05) is 23.7 Å². The van der Waals surface area contributed by atoms with Crippen molar-refractivity contribution < 1.29 is 9.18 Å². The molecule has 0 aliphatic carbocycles. The molecule has 0 radical (unpaired) electrons. The Morgan fingerprint density at radius 3 is 2.67 bits per heavy atom. The summed E-state index contributed by atoms with van der Waals surface area (Å²) in [5.74, 6) is 1.27. The number of rotatable bonds is 6. The summed E-state index contributed by atoms with van der Waals surface area (Å²) in [6.45, 7) is 0. The fourth-order valence-electron chi connectivity index (χ4n) is 2.50. The number of hydrogen-bond donors (Lipinski definition) is 0. The van der Waals surface area contributed by atoms with Crippen LogP contribution in [0.1, 0.15) is 17.8 Å². The first-order chi connectivity index (χ1) is 11.6. The number of carbonyl (C=O) groups excluding carboxylic acids is 1. The van der Waals surface area contributed by atoms with Crippen molar-refractivity contribution in [3.63, 3.8) is 0 Å². The van der Waals surface area contributed by atoms with Gasteiger partial charge in [-0.05, 0) is 29.8 Å². The monoisotopic (exact) mass is 324 g/mol. The maximum absolute atomic E-state index is 12.9. The van der Waals surface area contributed by atoms with Crippen LogP contribution in [0.25, 0.3) is 11.4 Å². The molecule has 1 aromatic carbocycles. The highest BCUT2D eigenvalue weighted by molar-refractivity contribution is 5.81. The standard InChI is InChI=1S/C18H17FN4O/c1-23-17(21-22-18(23)14-3-2-10-20-12-14)9-8-16(24)11-13-4-6-15(19)7-5-13/h2-7,10,12H,8-9,11H2,1H3. The number of nitrogens with zero attached hydrogens (tertiary/aromatic N) is 4. The highest BCUT2D eigenvalue weighted by Crippen LogP contribution is 2.16. The van der Waals surface area contributed by atoms with Gasteiger partial charge >= 0.3 is 0 Å². The molecule has 24 heavy (non-hydrogen) atoms. The third-order valence-corrected chi connectivity index (χ3v) is 3.83. The number of carbonyl (C=O) groups is 1. The molecule has 0 aliphatic heterocycles. The van der Waals surface area contributed by atoms with Crippen LogP contribution in [0.3, 0.4) is 0 Å². The molecule has 0 fully saturated rings. The average Bonchev–Trinajstić information content (AvgIpc) is 2.97. The molecule has 2 aromatic heterocycles. The SMILES string of the molecule is Cn1c(CCC(=O)Cc2ccc(F)cc2)nnc1-c1cccnc1. The van der Waals surface area contributed by atoms with Gasteiger partial charge in [0.2, 0.25) is 0 Å². The highest BCUT2D eigenvalue weighted by atomic mass is 19.1. The molecule has 6 heteroatoms. The molecule has 0 saturated carbocycles. The average molecular weight is 324 g/mol. The summed E-state index contributed by atoms with van der Waals surface area (Å²) in [4.78, 5) is 16.2. The summed E-state index contributed by atoms with van der Waals surface area (Å²) in [6, 6.07) is 9.76. The van der Waals surface area contributed by atoms with E-state index < -0.39 is 0 Å². The van der Waals surface area contributed by atoms with Crippen LogP contribution in [0.2, 0.25) is 0 Å². The molecule has 122 valence electrons. The van der Waals surface area contributed by atoms with Crippen molar-refractivity contribution in [1.29, 1.82) is 0 Å². The lowest BCUT2D eigenvalue weighted by molar-refractivity contribution is -0.118. The Morgan fingerprint density at radius 2 is 1.96 bits per heavy atom. The lowest BCUT2D eigenvalue weighted by Crippen LogP contribution is -2.07. The first kappa shape index (κ1) is 16.0. The number of benzene rings is 1. The van der Waals surface area contributed by atoms with Crippen molar-refractivity contribution in [2.75, 3.05) is 0 Å². The van der Waals surface area contributed by atoms with E-state index in [2.05, 4.69) is 15.2 Å².